The van der Waals surface area contributed by atoms with Crippen LogP contribution in [0.4, 0.5) is 0 Å². The number of phosphoric acid groups is 2. The van der Waals surface area contributed by atoms with E-state index in [4.69, 9.17) is 37.0 Å². The van der Waals surface area contributed by atoms with E-state index in [2.05, 4.69) is 20.8 Å². The van der Waals surface area contributed by atoms with Gasteiger partial charge < -0.3 is 33.8 Å². The number of phosphoric ester groups is 2. The molecule has 0 aromatic rings. The predicted molar refractivity (Wildman–Crippen MR) is 289 cm³/mol. The summed E-state index contributed by atoms with van der Waals surface area (Å²) >= 11 is 0. The molecule has 0 aliphatic carbocycles. The summed E-state index contributed by atoms with van der Waals surface area (Å²) in [7, 11) is -9.85. The van der Waals surface area contributed by atoms with E-state index < -0.39 is 97.5 Å². The average Bonchev–Trinajstić information content (AvgIpc) is 3.37. The molecule has 0 saturated heterocycles. The van der Waals surface area contributed by atoms with Crippen molar-refractivity contribution >= 4 is 39.5 Å². The van der Waals surface area contributed by atoms with E-state index in [9.17, 15) is 43.2 Å². The first-order chi connectivity index (χ1) is 35.7. The average molecular weight is 1100 g/mol. The van der Waals surface area contributed by atoms with E-state index in [0.29, 0.717) is 25.7 Å². The van der Waals surface area contributed by atoms with Crippen molar-refractivity contribution in [2.45, 2.75) is 290 Å². The molecule has 17 nitrogen and oxygen atoms in total. The molecule has 0 aliphatic rings. The fourth-order valence-corrected chi connectivity index (χ4v) is 9.62. The Bertz CT molecular complexity index is 1450. The van der Waals surface area contributed by atoms with Gasteiger partial charge in [0.05, 0.1) is 26.4 Å². The van der Waals surface area contributed by atoms with Crippen LogP contribution in [0, 0.1) is 0 Å². The van der Waals surface area contributed by atoms with Gasteiger partial charge in [-0.1, -0.05) is 220 Å². The lowest BCUT2D eigenvalue weighted by atomic mass is 10.0. The standard InChI is InChI=1S/C55H106O17P2/c1-5-9-13-17-20-22-24-26-27-30-33-37-40-53(58)65-45-50(71-54(59)41-35-16-12-8-4)47-69-73(61,62)67-43-49(56)44-68-74(63,64)70-48-51(46-66-52(57)39-36-32-29-19-15-11-7-3)72-55(60)42-38-34-31-28-25-23-21-18-14-10-6-2/h49-51,56H,5-48H2,1-4H3,(H,61,62)(H,63,64)/t49-,50+,51+/m0/s1. The summed E-state index contributed by atoms with van der Waals surface area (Å²) in [6.07, 6.45) is 32.7. The van der Waals surface area contributed by atoms with E-state index in [-0.39, 0.29) is 25.7 Å². The highest BCUT2D eigenvalue weighted by Crippen LogP contribution is 2.45. The Morgan fingerprint density at radius 1 is 0.324 bits per heavy atom. The maximum atomic E-state index is 12.8. The van der Waals surface area contributed by atoms with Crippen LogP contribution in [0.5, 0.6) is 0 Å². The number of hydrogen-bond acceptors (Lipinski definition) is 15. The Morgan fingerprint density at radius 3 is 0.811 bits per heavy atom. The van der Waals surface area contributed by atoms with Crippen LogP contribution < -0.4 is 0 Å². The van der Waals surface area contributed by atoms with Crippen molar-refractivity contribution in [3.05, 3.63) is 0 Å². The van der Waals surface area contributed by atoms with Crippen molar-refractivity contribution in [1.82, 2.24) is 0 Å². The third kappa shape index (κ3) is 49.6. The molecule has 0 aromatic carbocycles. The summed E-state index contributed by atoms with van der Waals surface area (Å²) in [6.45, 7) is 4.65. The highest BCUT2D eigenvalue weighted by Gasteiger charge is 2.30. The molecule has 74 heavy (non-hydrogen) atoms. The second-order valence-electron chi connectivity index (χ2n) is 20.0. The molecule has 0 heterocycles. The minimum absolute atomic E-state index is 0.0965. The number of carbonyl (C=O) groups is 4. The lowest BCUT2D eigenvalue weighted by Gasteiger charge is -2.21. The van der Waals surface area contributed by atoms with Crippen molar-refractivity contribution in [3.8, 4) is 0 Å². The van der Waals surface area contributed by atoms with Crippen molar-refractivity contribution < 1.29 is 80.2 Å². The SMILES string of the molecule is CCCCCCCCCCCCCCC(=O)OC[C@H](COP(=O)(O)OC[C@H](O)COP(=O)(O)OC[C@@H](COC(=O)CCCCCCCCC)OC(=O)CCCCCCCCCCCCC)OC(=O)CCCCCC. The van der Waals surface area contributed by atoms with Gasteiger partial charge in [-0.25, -0.2) is 9.13 Å². The van der Waals surface area contributed by atoms with Gasteiger partial charge in [0.1, 0.15) is 19.3 Å². The Hall–Kier alpha value is -1.94. The maximum Gasteiger partial charge on any atom is 0.472 e. The first-order valence-corrected chi connectivity index (χ1v) is 32.3. The molecule has 0 aliphatic heterocycles. The number of ether oxygens (including phenoxy) is 4. The first kappa shape index (κ1) is 72.1. The van der Waals surface area contributed by atoms with Gasteiger partial charge in [-0.3, -0.25) is 37.3 Å². The highest BCUT2D eigenvalue weighted by molar-refractivity contribution is 7.47. The number of unbranched alkanes of at least 4 members (excludes halogenated alkanes) is 30. The van der Waals surface area contributed by atoms with Gasteiger partial charge in [0.15, 0.2) is 12.2 Å². The fraction of sp³-hybridized carbons (Fsp3) is 0.927. The van der Waals surface area contributed by atoms with E-state index in [0.717, 1.165) is 96.3 Å². The molecule has 0 amide bonds. The Balaban J connectivity index is 5.07. The van der Waals surface area contributed by atoms with Gasteiger partial charge in [-0.2, -0.15) is 0 Å². The van der Waals surface area contributed by atoms with Crippen LogP contribution in [0.15, 0.2) is 0 Å². The van der Waals surface area contributed by atoms with Crippen LogP contribution in [-0.2, 0) is 65.4 Å². The van der Waals surface area contributed by atoms with Gasteiger partial charge in [0, 0.05) is 25.7 Å². The third-order valence-electron chi connectivity index (χ3n) is 12.6. The molecule has 0 rings (SSSR count). The zero-order chi connectivity index (χ0) is 54.8. The minimum atomic E-state index is -4.93. The maximum absolute atomic E-state index is 12.8. The lowest BCUT2D eigenvalue weighted by molar-refractivity contribution is -0.161. The molecule has 3 N–H and O–H groups in total. The zero-order valence-corrected chi connectivity index (χ0v) is 48.6. The quantitative estimate of drug-likeness (QED) is 0.0222. The van der Waals surface area contributed by atoms with Gasteiger partial charge in [-0.05, 0) is 25.7 Å². The predicted octanol–water partition coefficient (Wildman–Crippen LogP) is 14.4. The third-order valence-corrected chi connectivity index (χ3v) is 14.5. The van der Waals surface area contributed by atoms with Crippen LogP contribution >= 0.6 is 15.6 Å². The highest BCUT2D eigenvalue weighted by atomic mass is 31.2. The summed E-state index contributed by atoms with van der Waals surface area (Å²) in [5.41, 5.74) is 0. The number of rotatable bonds is 56. The molecule has 0 aromatic heterocycles. The molecule has 0 radical (unpaired) electrons. The smallest absolute Gasteiger partial charge is 0.462 e. The molecule has 438 valence electrons. The number of carbonyl (C=O) groups excluding carboxylic acids is 4. The van der Waals surface area contributed by atoms with E-state index in [1.807, 2.05) is 6.92 Å². The van der Waals surface area contributed by atoms with Crippen LogP contribution in [-0.4, -0.2) is 96.7 Å². The summed E-state index contributed by atoms with van der Waals surface area (Å²) in [5, 5.41) is 10.4. The molecular formula is C55H106O17P2. The number of aliphatic hydroxyl groups is 1. The van der Waals surface area contributed by atoms with Gasteiger partial charge in [0.25, 0.3) is 0 Å². The molecule has 0 spiro atoms. The first-order valence-electron chi connectivity index (χ1n) is 29.3. The second-order valence-corrected chi connectivity index (χ2v) is 22.9. The molecule has 19 heteroatoms. The van der Waals surface area contributed by atoms with Crippen LogP contribution in [0.3, 0.4) is 0 Å². The zero-order valence-electron chi connectivity index (χ0n) is 46.8. The lowest BCUT2D eigenvalue weighted by Crippen LogP contribution is -2.30. The normalized spacial score (nSPS) is 14.4. The minimum Gasteiger partial charge on any atom is -0.462 e. The molecule has 5 atom stereocenters. The monoisotopic (exact) mass is 1100 g/mol. The van der Waals surface area contributed by atoms with Crippen molar-refractivity contribution in [2.24, 2.45) is 0 Å². The number of hydrogen-bond donors (Lipinski definition) is 3. The molecule has 0 fully saturated rings. The molecule has 0 bridgehead atoms. The summed E-state index contributed by atoms with van der Waals surface area (Å²) in [4.78, 5) is 71.3. The van der Waals surface area contributed by atoms with Crippen molar-refractivity contribution in [3.63, 3.8) is 0 Å². The molecule has 2 unspecified atom stereocenters. The van der Waals surface area contributed by atoms with Gasteiger partial charge in [-0.15, -0.1) is 0 Å². The Labute approximate surface area is 447 Å². The Morgan fingerprint density at radius 2 is 0.541 bits per heavy atom. The largest absolute Gasteiger partial charge is 0.472 e. The topological polar surface area (TPSA) is 237 Å². The van der Waals surface area contributed by atoms with E-state index in [1.165, 1.54) is 96.3 Å². The molecular weight excluding hydrogens is 995 g/mol. The summed E-state index contributed by atoms with van der Waals surface area (Å²) in [5.74, 6) is -2.17. The van der Waals surface area contributed by atoms with Crippen molar-refractivity contribution in [1.29, 1.82) is 0 Å². The van der Waals surface area contributed by atoms with E-state index in [1.54, 1.807) is 0 Å². The number of esters is 4. The van der Waals surface area contributed by atoms with Gasteiger partial charge >= 0.3 is 39.5 Å². The van der Waals surface area contributed by atoms with Crippen molar-refractivity contribution in [2.75, 3.05) is 39.6 Å². The van der Waals surface area contributed by atoms with Crippen LogP contribution in [0.1, 0.15) is 272 Å². The van der Waals surface area contributed by atoms with Gasteiger partial charge in [0.2, 0.25) is 0 Å². The molecule has 0 saturated carbocycles. The Kier molecular flexibility index (Phi) is 49.2. The van der Waals surface area contributed by atoms with Crippen LogP contribution in [0.2, 0.25) is 0 Å². The van der Waals surface area contributed by atoms with Crippen LogP contribution in [0.25, 0.3) is 0 Å². The second kappa shape index (κ2) is 50.6. The summed E-state index contributed by atoms with van der Waals surface area (Å²) < 4.78 is 67.2. The van der Waals surface area contributed by atoms with E-state index >= 15 is 0 Å². The fourth-order valence-electron chi connectivity index (χ4n) is 8.04. The number of aliphatic hydroxyl groups excluding tert-OH is 1. The summed E-state index contributed by atoms with van der Waals surface area (Å²) in [6, 6.07) is 0.